The average Bonchev–Trinajstić information content (AvgIpc) is 3.70. The summed E-state index contributed by atoms with van der Waals surface area (Å²) in [4.78, 5) is 2.39. The number of allylic oxidation sites excluding steroid dienone is 2. The molecule has 0 amide bonds. The van der Waals surface area contributed by atoms with Gasteiger partial charge in [0.2, 0.25) is 0 Å². The van der Waals surface area contributed by atoms with Crippen LogP contribution in [0.1, 0.15) is 50.9 Å². The molecule has 0 fully saturated rings. The average molecular weight is 668 g/mol. The second-order valence-corrected chi connectivity index (χ2v) is 13.3. The molecule has 0 N–H and O–H groups in total. The third kappa shape index (κ3) is 7.50. The summed E-state index contributed by atoms with van der Waals surface area (Å²) >= 11 is 0. The fraction of sp³-hybridized carbons (Fsp3) is 0.0588. The van der Waals surface area contributed by atoms with Crippen LogP contribution in [-0.4, -0.2) is 0 Å². The van der Waals surface area contributed by atoms with Crippen molar-refractivity contribution in [1.82, 2.24) is 0 Å². The lowest BCUT2D eigenvalue weighted by Crippen LogP contribution is -2.10. The highest BCUT2D eigenvalue weighted by Gasteiger charge is 2.17. The Morgan fingerprint density at radius 2 is 0.846 bits per heavy atom. The Hall–Kier alpha value is -6.44. The number of nitrogens with zero attached hydrogens (tertiary/aromatic N) is 1. The number of rotatable bonds is 10. The monoisotopic (exact) mass is 667 g/mol. The highest BCUT2D eigenvalue weighted by molar-refractivity contribution is 5.92. The van der Waals surface area contributed by atoms with Crippen LogP contribution in [0.4, 0.5) is 17.1 Å². The van der Waals surface area contributed by atoms with Gasteiger partial charge in [0.1, 0.15) is 0 Å². The van der Waals surface area contributed by atoms with E-state index in [-0.39, 0.29) is 0 Å². The lowest BCUT2D eigenvalue weighted by atomic mass is 9.95. The Balaban J connectivity index is 1.11. The molecule has 0 unspecified atom stereocenters. The summed E-state index contributed by atoms with van der Waals surface area (Å²) in [5.74, 6) is 0. The van der Waals surface area contributed by atoms with Gasteiger partial charge in [-0.05, 0) is 117 Å². The van der Waals surface area contributed by atoms with Gasteiger partial charge in [-0.3, -0.25) is 0 Å². The topological polar surface area (TPSA) is 3.24 Å². The van der Waals surface area contributed by atoms with Crippen molar-refractivity contribution in [2.75, 3.05) is 4.90 Å². The minimum absolute atomic E-state index is 1.14. The molecule has 1 nitrogen and oxygen atoms in total. The van der Waals surface area contributed by atoms with E-state index in [0.717, 1.165) is 23.4 Å². The molecule has 7 aromatic rings. The van der Waals surface area contributed by atoms with Crippen LogP contribution < -0.4 is 4.90 Å². The summed E-state index contributed by atoms with van der Waals surface area (Å²) in [6, 6.07) is 67.4. The summed E-state index contributed by atoms with van der Waals surface area (Å²) in [6.07, 6.45) is 12.4. The summed E-state index contributed by atoms with van der Waals surface area (Å²) in [7, 11) is 0. The first kappa shape index (κ1) is 32.7. The zero-order chi connectivity index (χ0) is 35.0. The van der Waals surface area contributed by atoms with Crippen molar-refractivity contribution < 1.29 is 0 Å². The molecular formula is C51H41N. The lowest BCUT2D eigenvalue weighted by Gasteiger charge is -2.26. The fourth-order valence-electron chi connectivity index (χ4n) is 7.18. The predicted octanol–water partition coefficient (Wildman–Crippen LogP) is 13.4. The third-order valence-electron chi connectivity index (χ3n) is 9.84. The predicted molar refractivity (Wildman–Crippen MR) is 222 cm³/mol. The number of anilines is 3. The zero-order valence-corrected chi connectivity index (χ0v) is 29.3. The van der Waals surface area contributed by atoms with E-state index in [1.54, 1.807) is 0 Å². The van der Waals surface area contributed by atoms with E-state index in [1.807, 2.05) is 0 Å². The first-order chi connectivity index (χ1) is 25.8. The summed E-state index contributed by atoms with van der Waals surface area (Å²) in [5.41, 5.74) is 16.0. The molecule has 7 aromatic carbocycles. The van der Waals surface area contributed by atoms with Crippen LogP contribution in [0.25, 0.3) is 23.3 Å². The van der Waals surface area contributed by atoms with Crippen molar-refractivity contribution in [3.05, 3.63) is 245 Å². The van der Waals surface area contributed by atoms with Crippen LogP contribution in [-0.2, 0) is 12.8 Å². The van der Waals surface area contributed by atoms with Gasteiger partial charge in [0.05, 0.1) is 0 Å². The van der Waals surface area contributed by atoms with E-state index >= 15 is 0 Å². The van der Waals surface area contributed by atoms with Crippen LogP contribution in [0.5, 0.6) is 0 Å². The fourth-order valence-corrected chi connectivity index (χ4v) is 7.18. The Morgan fingerprint density at radius 3 is 1.37 bits per heavy atom. The van der Waals surface area contributed by atoms with Gasteiger partial charge in [-0.2, -0.15) is 0 Å². The van der Waals surface area contributed by atoms with Gasteiger partial charge in [-0.15, -0.1) is 0 Å². The van der Waals surface area contributed by atoms with Gasteiger partial charge < -0.3 is 4.90 Å². The molecule has 0 spiro atoms. The summed E-state index contributed by atoms with van der Waals surface area (Å²) < 4.78 is 0. The molecule has 0 saturated carbocycles. The summed E-state index contributed by atoms with van der Waals surface area (Å²) in [6.45, 7) is 0. The van der Waals surface area contributed by atoms with Gasteiger partial charge in [0, 0.05) is 17.1 Å². The van der Waals surface area contributed by atoms with E-state index in [2.05, 4.69) is 217 Å². The molecule has 1 aliphatic rings. The van der Waals surface area contributed by atoms with Crippen molar-refractivity contribution in [2.24, 2.45) is 0 Å². The second kappa shape index (κ2) is 15.6. The Kier molecular flexibility index (Phi) is 9.84. The number of hydrogen-bond donors (Lipinski definition) is 0. The Morgan fingerprint density at radius 1 is 0.404 bits per heavy atom. The number of hydrogen-bond acceptors (Lipinski definition) is 1. The minimum Gasteiger partial charge on any atom is -0.310 e. The molecule has 0 saturated heterocycles. The molecule has 0 aromatic heterocycles. The van der Waals surface area contributed by atoms with Crippen LogP contribution >= 0.6 is 0 Å². The van der Waals surface area contributed by atoms with Crippen LogP contribution in [0.2, 0.25) is 0 Å². The van der Waals surface area contributed by atoms with Gasteiger partial charge in [-0.1, -0.05) is 170 Å². The highest BCUT2D eigenvalue weighted by atomic mass is 15.1. The number of fused-ring (bicyclic) bond motifs is 1. The van der Waals surface area contributed by atoms with Crippen LogP contribution in [0, 0.1) is 0 Å². The third-order valence-corrected chi connectivity index (χ3v) is 9.84. The molecular weight excluding hydrogens is 627 g/mol. The van der Waals surface area contributed by atoms with Crippen molar-refractivity contribution in [3.8, 4) is 0 Å². The molecule has 1 heteroatoms. The molecule has 1 aliphatic carbocycles. The van der Waals surface area contributed by atoms with Crippen molar-refractivity contribution in [1.29, 1.82) is 0 Å². The Bertz CT molecular complexity index is 2230. The van der Waals surface area contributed by atoms with Crippen molar-refractivity contribution in [3.63, 3.8) is 0 Å². The van der Waals surface area contributed by atoms with E-state index in [4.69, 9.17) is 0 Å². The maximum Gasteiger partial charge on any atom is 0.0464 e. The van der Waals surface area contributed by atoms with E-state index in [0.29, 0.717) is 0 Å². The molecule has 0 radical (unpaired) electrons. The molecule has 52 heavy (non-hydrogen) atoms. The molecule has 0 atom stereocenters. The van der Waals surface area contributed by atoms with Gasteiger partial charge >= 0.3 is 0 Å². The van der Waals surface area contributed by atoms with E-state index in [1.165, 1.54) is 68.6 Å². The summed E-state index contributed by atoms with van der Waals surface area (Å²) in [5, 5.41) is 0. The molecule has 250 valence electrons. The second-order valence-electron chi connectivity index (χ2n) is 13.3. The first-order valence-corrected chi connectivity index (χ1v) is 18.2. The zero-order valence-electron chi connectivity index (χ0n) is 29.3. The largest absolute Gasteiger partial charge is 0.310 e. The van der Waals surface area contributed by atoms with Crippen LogP contribution in [0.15, 0.2) is 200 Å². The molecule has 8 rings (SSSR count). The van der Waals surface area contributed by atoms with Crippen molar-refractivity contribution in [2.45, 2.75) is 19.3 Å². The van der Waals surface area contributed by atoms with Gasteiger partial charge in [0.25, 0.3) is 0 Å². The standard InChI is InChI=1S/C51H41N/c1-5-16-42(17-6-1)50(43-18-7-2-8-19-43)26-13-15-39-27-32-47(33-28-39)52(49-36-31-41-24-14-25-46(41)38-49)48-34-29-40(30-35-48)37-51(44-20-9-3-10-21-44)45-22-11-4-12-23-45/h1-13,15-23,26-38H,14,24-25H2. The highest BCUT2D eigenvalue weighted by Crippen LogP contribution is 2.38. The normalized spacial score (nSPS) is 11.9. The van der Waals surface area contributed by atoms with E-state index in [9.17, 15) is 0 Å². The quantitative estimate of drug-likeness (QED) is 0.104. The smallest absolute Gasteiger partial charge is 0.0464 e. The maximum absolute atomic E-state index is 2.40. The number of aryl methyl sites for hydroxylation is 2. The number of benzene rings is 7. The van der Waals surface area contributed by atoms with Gasteiger partial charge in [0.15, 0.2) is 0 Å². The van der Waals surface area contributed by atoms with E-state index < -0.39 is 0 Å². The Labute approximate surface area is 308 Å². The molecule has 0 heterocycles. The van der Waals surface area contributed by atoms with Crippen LogP contribution in [0.3, 0.4) is 0 Å². The van der Waals surface area contributed by atoms with Crippen molar-refractivity contribution >= 4 is 40.4 Å². The lowest BCUT2D eigenvalue weighted by molar-refractivity contribution is 0.912. The SMILES string of the molecule is C(=Cc1ccc(N(c2ccc(C=C(c3ccccc3)c3ccccc3)cc2)c2ccc3c(c2)CCC3)cc1)C=C(c1ccccc1)c1ccccc1. The van der Waals surface area contributed by atoms with Gasteiger partial charge in [-0.25, -0.2) is 0 Å². The minimum atomic E-state index is 1.14. The molecule has 0 aliphatic heterocycles. The maximum atomic E-state index is 2.40. The first-order valence-electron chi connectivity index (χ1n) is 18.2. The molecule has 0 bridgehead atoms.